The molecule has 1 saturated heterocycles. The summed E-state index contributed by atoms with van der Waals surface area (Å²) in [5.41, 5.74) is 0.432. The zero-order valence-corrected chi connectivity index (χ0v) is 11.4. The van der Waals surface area contributed by atoms with E-state index in [-0.39, 0.29) is 24.2 Å². The highest BCUT2D eigenvalue weighted by Gasteiger charge is 2.22. The maximum atomic E-state index is 13.8. The van der Waals surface area contributed by atoms with Crippen molar-refractivity contribution in [2.24, 2.45) is 0 Å². The van der Waals surface area contributed by atoms with Crippen molar-refractivity contribution >= 4 is 22.6 Å². The number of halogens is 1. The Morgan fingerprint density at radius 3 is 2.71 bits per heavy atom. The van der Waals surface area contributed by atoms with Crippen LogP contribution in [0.3, 0.4) is 0 Å². The van der Waals surface area contributed by atoms with Crippen LogP contribution in [0.2, 0.25) is 0 Å². The first kappa shape index (κ1) is 13.5. The maximum absolute atomic E-state index is 13.8. The smallest absolute Gasteiger partial charge is 0.254 e. The summed E-state index contributed by atoms with van der Waals surface area (Å²) < 4.78 is 13.8. The summed E-state index contributed by atoms with van der Waals surface area (Å²) >= 11 is 0. The lowest BCUT2D eigenvalue weighted by atomic mass is 10.0. The van der Waals surface area contributed by atoms with Crippen molar-refractivity contribution in [2.45, 2.75) is 6.42 Å². The van der Waals surface area contributed by atoms with Gasteiger partial charge in [0.05, 0.1) is 6.54 Å². The van der Waals surface area contributed by atoms with Crippen molar-refractivity contribution in [1.82, 2.24) is 10.2 Å². The third-order valence-electron chi connectivity index (χ3n) is 3.65. The Labute approximate surface area is 121 Å². The zero-order valence-electron chi connectivity index (χ0n) is 11.4. The first-order valence-electron chi connectivity index (χ1n) is 6.90. The van der Waals surface area contributed by atoms with Gasteiger partial charge in [0.1, 0.15) is 5.82 Å². The fourth-order valence-electron chi connectivity index (χ4n) is 2.60. The highest BCUT2D eigenvalue weighted by molar-refractivity contribution is 6.08. The summed E-state index contributed by atoms with van der Waals surface area (Å²) in [4.78, 5) is 25.7. The second kappa shape index (κ2) is 5.52. The van der Waals surface area contributed by atoms with Gasteiger partial charge in [0, 0.05) is 24.0 Å². The van der Waals surface area contributed by atoms with E-state index in [2.05, 4.69) is 5.32 Å². The molecule has 4 nitrogen and oxygen atoms in total. The molecular weight excluding hydrogens is 271 g/mol. The molecule has 0 spiro atoms. The van der Waals surface area contributed by atoms with Crippen LogP contribution in [-0.4, -0.2) is 36.3 Å². The molecule has 0 atom stereocenters. The molecule has 1 N–H and O–H groups in total. The van der Waals surface area contributed by atoms with Gasteiger partial charge in [-0.25, -0.2) is 4.39 Å². The van der Waals surface area contributed by atoms with Gasteiger partial charge in [-0.15, -0.1) is 0 Å². The molecule has 0 aromatic heterocycles. The maximum Gasteiger partial charge on any atom is 0.254 e. The standard InChI is InChI=1S/C16H15FN2O2/c17-14-7-6-13(11-4-1-2-5-12(11)14)16(21)19-9-3-8-18-15(20)10-19/h1-2,4-7H,3,8-10H2,(H,18,20). The van der Waals surface area contributed by atoms with Crippen LogP contribution in [0.25, 0.3) is 10.8 Å². The van der Waals surface area contributed by atoms with E-state index in [1.54, 1.807) is 24.3 Å². The summed E-state index contributed by atoms with van der Waals surface area (Å²) in [6.07, 6.45) is 0.719. The number of nitrogens with one attached hydrogen (secondary N) is 1. The van der Waals surface area contributed by atoms with Gasteiger partial charge in [0.25, 0.3) is 5.91 Å². The molecule has 21 heavy (non-hydrogen) atoms. The lowest BCUT2D eigenvalue weighted by Crippen LogP contribution is -2.37. The van der Waals surface area contributed by atoms with Gasteiger partial charge < -0.3 is 10.2 Å². The molecule has 0 aliphatic carbocycles. The number of fused-ring (bicyclic) bond motifs is 1. The average Bonchev–Trinajstić information content (AvgIpc) is 2.72. The van der Waals surface area contributed by atoms with Crippen molar-refractivity contribution in [2.75, 3.05) is 19.6 Å². The Morgan fingerprint density at radius 2 is 1.90 bits per heavy atom. The fraction of sp³-hybridized carbons (Fsp3) is 0.250. The van der Waals surface area contributed by atoms with Crippen molar-refractivity contribution in [3.8, 4) is 0 Å². The monoisotopic (exact) mass is 286 g/mol. The number of amides is 2. The summed E-state index contributed by atoms with van der Waals surface area (Å²) in [5.74, 6) is -0.744. The molecule has 1 aliphatic heterocycles. The van der Waals surface area contributed by atoms with Crippen molar-refractivity contribution < 1.29 is 14.0 Å². The Balaban J connectivity index is 2.01. The van der Waals surface area contributed by atoms with Crippen LogP contribution in [0.1, 0.15) is 16.8 Å². The third-order valence-corrected chi connectivity index (χ3v) is 3.65. The number of benzene rings is 2. The summed E-state index contributed by atoms with van der Waals surface area (Å²) in [6, 6.07) is 9.67. The van der Waals surface area contributed by atoms with Crippen LogP contribution in [0, 0.1) is 5.82 Å². The molecule has 5 heteroatoms. The minimum Gasteiger partial charge on any atom is -0.354 e. The van der Waals surface area contributed by atoms with Gasteiger partial charge >= 0.3 is 0 Å². The number of nitrogens with zero attached hydrogens (tertiary/aromatic N) is 1. The van der Waals surface area contributed by atoms with Crippen molar-refractivity contribution in [3.63, 3.8) is 0 Å². The second-order valence-electron chi connectivity index (χ2n) is 5.07. The zero-order chi connectivity index (χ0) is 14.8. The van der Waals surface area contributed by atoms with Gasteiger partial charge in [0.2, 0.25) is 5.91 Å². The molecule has 0 bridgehead atoms. The molecule has 2 amide bonds. The molecule has 0 radical (unpaired) electrons. The molecule has 1 aliphatic rings. The van der Waals surface area contributed by atoms with Gasteiger partial charge in [-0.2, -0.15) is 0 Å². The van der Waals surface area contributed by atoms with Crippen LogP contribution < -0.4 is 5.32 Å². The Hall–Kier alpha value is -2.43. The van der Waals surface area contributed by atoms with E-state index in [4.69, 9.17) is 0 Å². The van der Waals surface area contributed by atoms with E-state index in [0.717, 1.165) is 6.42 Å². The minimum absolute atomic E-state index is 0.0462. The number of hydrogen-bond acceptors (Lipinski definition) is 2. The predicted molar refractivity (Wildman–Crippen MR) is 77.4 cm³/mol. The summed E-state index contributed by atoms with van der Waals surface area (Å²) in [6.45, 7) is 1.14. The largest absolute Gasteiger partial charge is 0.354 e. The Kier molecular flexibility index (Phi) is 3.56. The highest BCUT2D eigenvalue weighted by atomic mass is 19.1. The third kappa shape index (κ3) is 2.59. The van der Waals surface area contributed by atoms with Gasteiger partial charge in [-0.1, -0.05) is 24.3 Å². The van der Waals surface area contributed by atoms with Crippen LogP contribution >= 0.6 is 0 Å². The molecule has 3 rings (SSSR count). The van der Waals surface area contributed by atoms with Gasteiger partial charge in [0.15, 0.2) is 0 Å². The quantitative estimate of drug-likeness (QED) is 0.871. The summed E-state index contributed by atoms with van der Waals surface area (Å²) in [5, 5.41) is 3.73. The van der Waals surface area contributed by atoms with Crippen LogP contribution in [0.15, 0.2) is 36.4 Å². The average molecular weight is 286 g/mol. The van der Waals surface area contributed by atoms with Crippen LogP contribution in [-0.2, 0) is 4.79 Å². The number of carbonyl (C=O) groups is 2. The van der Waals surface area contributed by atoms with E-state index in [1.807, 2.05) is 0 Å². The highest BCUT2D eigenvalue weighted by Crippen LogP contribution is 2.23. The molecule has 0 unspecified atom stereocenters. The molecule has 2 aromatic carbocycles. The molecule has 0 saturated carbocycles. The SMILES string of the molecule is O=C1CN(C(=O)c2ccc(F)c3ccccc23)CCCN1. The molecule has 108 valence electrons. The number of carbonyl (C=O) groups excluding carboxylic acids is 2. The lowest BCUT2D eigenvalue weighted by Gasteiger charge is -2.20. The predicted octanol–water partition coefficient (Wildman–Crippen LogP) is 1.94. The van der Waals surface area contributed by atoms with E-state index in [1.165, 1.54) is 17.0 Å². The molecule has 1 heterocycles. The molecule has 1 fully saturated rings. The Bertz CT molecular complexity index is 714. The molecule has 2 aromatic rings. The minimum atomic E-state index is -0.351. The fourth-order valence-corrected chi connectivity index (χ4v) is 2.60. The van der Waals surface area contributed by atoms with Crippen molar-refractivity contribution in [3.05, 3.63) is 47.8 Å². The normalized spacial score (nSPS) is 15.7. The second-order valence-corrected chi connectivity index (χ2v) is 5.07. The van der Waals surface area contributed by atoms with Crippen molar-refractivity contribution in [1.29, 1.82) is 0 Å². The van der Waals surface area contributed by atoms with E-state index in [0.29, 0.717) is 29.4 Å². The van der Waals surface area contributed by atoms with E-state index >= 15 is 0 Å². The summed E-state index contributed by atoms with van der Waals surface area (Å²) in [7, 11) is 0. The van der Waals surface area contributed by atoms with Crippen LogP contribution in [0.5, 0.6) is 0 Å². The van der Waals surface area contributed by atoms with Gasteiger partial charge in [-0.3, -0.25) is 9.59 Å². The van der Waals surface area contributed by atoms with E-state index in [9.17, 15) is 14.0 Å². The first-order valence-corrected chi connectivity index (χ1v) is 6.90. The van der Waals surface area contributed by atoms with E-state index < -0.39 is 0 Å². The first-order chi connectivity index (χ1) is 10.2. The Morgan fingerprint density at radius 1 is 1.14 bits per heavy atom. The topological polar surface area (TPSA) is 49.4 Å². The number of hydrogen-bond donors (Lipinski definition) is 1. The van der Waals surface area contributed by atoms with Gasteiger partial charge in [-0.05, 0) is 23.9 Å². The van der Waals surface area contributed by atoms with Crippen LogP contribution in [0.4, 0.5) is 4.39 Å². The molecular formula is C16H15FN2O2. The number of rotatable bonds is 1. The lowest BCUT2D eigenvalue weighted by molar-refractivity contribution is -0.121.